The van der Waals surface area contributed by atoms with Crippen molar-refractivity contribution in [3.8, 4) is 0 Å². The summed E-state index contributed by atoms with van der Waals surface area (Å²) in [5, 5.41) is 18.1. The fourth-order valence-electron chi connectivity index (χ4n) is 6.90. The molecule has 0 aromatic heterocycles. The molecule has 3 nitrogen and oxygen atoms in total. The Morgan fingerprint density at radius 1 is 1.12 bits per heavy atom. The molecule has 0 radical (unpaired) electrons. The van der Waals surface area contributed by atoms with E-state index in [4.69, 9.17) is 0 Å². The van der Waals surface area contributed by atoms with Crippen molar-refractivity contribution in [3.05, 3.63) is 23.0 Å². The lowest BCUT2D eigenvalue weighted by Gasteiger charge is -2.55. The first-order valence-corrected chi connectivity index (χ1v) is 9.94. The number of aliphatic hydroxyl groups excluding tert-OH is 1. The molecule has 3 N–H and O–H groups in total. The van der Waals surface area contributed by atoms with Gasteiger partial charge in [-0.15, -0.1) is 0 Å². The number of nitrogens with one attached hydrogen (secondary N) is 2. The molecule has 4 aliphatic carbocycles. The van der Waals surface area contributed by atoms with Crippen LogP contribution in [0.15, 0.2) is 23.0 Å². The van der Waals surface area contributed by atoms with Crippen LogP contribution in [-0.4, -0.2) is 31.3 Å². The first kappa shape index (κ1) is 16.7. The molecule has 4 rings (SSSR count). The zero-order valence-corrected chi connectivity index (χ0v) is 15.8. The van der Waals surface area contributed by atoms with Gasteiger partial charge in [0.1, 0.15) is 0 Å². The fourth-order valence-corrected chi connectivity index (χ4v) is 6.90. The Balaban J connectivity index is 1.85. The summed E-state index contributed by atoms with van der Waals surface area (Å²) in [5.41, 5.74) is 3.54. The molecule has 4 aliphatic rings. The van der Waals surface area contributed by atoms with Crippen molar-refractivity contribution in [2.75, 3.05) is 14.1 Å². The van der Waals surface area contributed by atoms with Crippen LogP contribution in [0.25, 0.3) is 0 Å². The summed E-state index contributed by atoms with van der Waals surface area (Å²) in [4.78, 5) is 0. The van der Waals surface area contributed by atoms with Crippen LogP contribution in [-0.2, 0) is 0 Å². The lowest BCUT2D eigenvalue weighted by Crippen LogP contribution is -2.52. The van der Waals surface area contributed by atoms with Gasteiger partial charge in [-0.3, -0.25) is 0 Å². The van der Waals surface area contributed by atoms with Crippen molar-refractivity contribution in [1.82, 2.24) is 10.6 Å². The minimum absolute atomic E-state index is 0.0972. The van der Waals surface area contributed by atoms with Gasteiger partial charge in [-0.05, 0) is 94.9 Å². The van der Waals surface area contributed by atoms with Gasteiger partial charge in [0.05, 0.1) is 5.76 Å². The summed E-state index contributed by atoms with van der Waals surface area (Å²) < 4.78 is 0. The normalized spacial score (nSPS) is 47.8. The molecule has 0 spiro atoms. The Morgan fingerprint density at radius 3 is 2.62 bits per heavy atom. The third-order valence-corrected chi connectivity index (χ3v) is 8.39. The highest BCUT2D eigenvalue weighted by Gasteiger charge is 2.57. The molecule has 0 aromatic carbocycles. The number of hydrogen-bond acceptors (Lipinski definition) is 3. The van der Waals surface area contributed by atoms with Gasteiger partial charge in [-0.1, -0.05) is 12.5 Å². The molecule has 0 bridgehead atoms. The van der Waals surface area contributed by atoms with Crippen molar-refractivity contribution >= 4 is 0 Å². The molecule has 0 aliphatic heterocycles. The van der Waals surface area contributed by atoms with Gasteiger partial charge in [-0.25, -0.2) is 0 Å². The second-order valence-electron chi connectivity index (χ2n) is 9.05. The van der Waals surface area contributed by atoms with E-state index in [-0.39, 0.29) is 5.41 Å². The number of hydrogen-bond donors (Lipinski definition) is 3. The maximum Gasteiger partial charge on any atom is 0.0985 e. The van der Waals surface area contributed by atoms with E-state index in [1.54, 1.807) is 11.1 Å². The summed E-state index contributed by atoms with van der Waals surface area (Å²) in [6.07, 6.45) is 10.5. The monoisotopic (exact) mass is 330 g/mol. The molecule has 24 heavy (non-hydrogen) atoms. The van der Waals surface area contributed by atoms with E-state index in [0.29, 0.717) is 35.1 Å². The van der Waals surface area contributed by atoms with E-state index in [9.17, 15) is 5.11 Å². The van der Waals surface area contributed by atoms with E-state index in [0.717, 1.165) is 12.8 Å². The molecule has 0 aromatic rings. The Kier molecular flexibility index (Phi) is 3.89. The molecule has 1 fully saturated rings. The van der Waals surface area contributed by atoms with Gasteiger partial charge in [-0.2, -0.15) is 0 Å². The molecule has 0 saturated heterocycles. The fraction of sp³-hybridized carbons (Fsp3) is 0.810. The van der Waals surface area contributed by atoms with Crippen molar-refractivity contribution in [3.63, 3.8) is 0 Å². The van der Waals surface area contributed by atoms with Crippen molar-refractivity contribution < 1.29 is 5.11 Å². The van der Waals surface area contributed by atoms with Crippen LogP contribution in [0.4, 0.5) is 0 Å². The quantitative estimate of drug-likeness (QED) is 0.672. The first-order valence-electron chi connectivity index (χ1n) is 9.94. The smallest absolute Gasteiger partial charge is 0.0985 e. The minimum Gasteiger partial charge on any atom is -0.512 e. The lowest BCUT2D eigenvalue weighted by atomic mass is 9.51. The lowest BCUT2D eigenvalue weighted by molar-refractivity contribution is 0.0916. The summed E-state index contributed by atoms with van der Waals surface area (Å²) in [7, 11) is 4.26. The molecule has 1 saturated carbocycles. The molecule has 3 heteroatoms. The zero-order valence-electron chi connectivity index (χ0n) is 15.8. The average Bonchev–Trinajstić information content (AvgIpc) is 2.92. The van der Waals surface area contributed by atoms with E-state index < -0.39 is 0 Å². The largest absolute Gasteiger partial charge is 0.512 e. The highest BCUT2D eigenvalue weighted by molar-refractivity contribution is 5.42. The second kappa shape index (κ2) is 5.60. The number of allylic oxidation sites excluding steroid dienone is 2. The maximum atomic E-state index is 10.9. The van der Waals surface area contributed by atoms with Gasteiger partial charge in [0.25, 0.3) is 0 Å². The van der Waals surface area contributed by atoms with Gasteiger partial charge in [0.2, 0.25) is 0 Å². The van der Waals surface area contributed by atoms with Crippen LogP contribution < -0.4 is 10.6 Å². The predicted molar refractivity (Wildman–Crippen MR) is 98.9 cm³/mol. The van der Waals surface area contributed by atoms with E-state index in [1.807, 2.05) is 0 Å². The van der Waals surface area contributed by atoms with Gasteiger partial charge < -0.3 is 15.7 Å². The van der Waals surface area contributed by atoms with Crippen molar-refractivity contribution in [1.29, 1.82) is 0 Å². The summed E-state index contributed by atoms with van der Waals surface area (Å²) >= 11 is 0. The molecule has 0 unspecified atom stereocenters. The molecular weight excluding hydrogens is 296 g/mol. The second-order valence-corrected chi connectivity index (χ2v) is 9.05. The van der Waals surface area contributed by atoms with Gasteiger partial charge in [0.15, 0.2) is 0 Å². The Labute approximate surface area is 147 Å². The zero-order chi connectivity index (χ0) is 17.1. The van der Waals surface area contributed by atoms with Gasteiger partial charge in [0, 0.05) is 17.5 Å². The third-order valence-electron chi connectivity index (χ3n) is 8.39. The predicted octanol–water partition coefficient (Wildman–Crippen LogP) is 3.93. The average molecular weight is 331 g/mol. The third kappa shape index (κ3) is 1.97. The van der Waals surface area contributed by atoms with Crippen LogP contribution >= 0.6 is 0 Å². The summed E-state index contributed by atoms with van der Waals surface area (Å²) in [6, 6.07) is 1.14. The minimum atomic E-state index is -0.0972. The highest BCUT2D eigenvalue weighted by atomic mass is 16.3. The molecule has 0 amide bonds. The van der Waals surface area contributed by atoms with Crippen molar-refractivity contribution in [2.45, 2.75) is 70.9 Å². The van der Waals surface area contributed by atoms with Crippen LogP contribution in [0.3, 0.4) is 0 Å². The van der Waals surface area contributed by atoms with Crippen LogP contribution in [0.2, 0.25) is 0 Å². The SMILES string of the molecule is CN[C@H]1C[C@@H]2CCC=C(O)[C@]2(C)C2=C1[C@@H]1CC[C@H](NC)[C@@]1(C)CC2. The Bertz CT molecular complexity index is 595. The van der Waals surface area contributed by atoms with Crippen LogP contribution in [0, 0.1) is 22.7 Å². The molecule has 134 valence electrons. The molecule has 6 atom stereocenters. The standard InChI is InChI=1S/C21H34N2O/c1-20-11-10-15-19(14(20)8-9-17(20)23-4)16(22-3)12-13-6-5-7-18(24)21(13,15)2/h7,13-14,16-17,22-24H,5-6,8-12H2,1-4H3/t13-,14-,16-,17-,20-,21-/m0/s1. The Hall–Kier alpha value is -0.800. The maximum absolute atomic E-state index is 10.9. The van der Waals surface area contributed by atoms with Gasteiger partial charge >= 0.3 is 0 Å². The van der Waals surface area contributed by atoms with E-state index >= 15 is 0 Å². The topological polar surface area (TPSA) is 44.3 Å². The van der Waals surface area contributed by atoms with Crippen LogP contribution in [0.5, 0.6) is 0 Å². The molecular formula is C21H34N2O. The van der Waals surface area contributed by atoms with Crippen LogP contribution in [0.1, 0.15) is 58.8 Å². The Morgan fingerprint density at radius 2 is 1.92 bits per heavy atom. The number of rotatable bonds is 2. The number of aliphatic hydroxyl groups is 1. The van der Waals surface area contributed by atoms with Crippen molar-refractivity contribution in [2.24, 2.45) is 22.7 Å². The molecule has 0 heterocycles. The van der Waals surface area contributed by atoms with E-state index in [1.165, 1.54) is 32.1 Å². The summed E-state index contributed by atoms with van der Waals surface area (Å²) in [6.45, 7) is 4.84. The highest BCUT2D eigenvalue weighted by Crippen LogP contribution is 2.63. The summed E-state index contributed by atoms with van der Waals surface area (Å²) in [5.74, 6) is 1.92. The first-order chi connectivity index (χ1) is 11.5. The number of fused-ring (bicyclic) bond motifs is 4. The number of likely N-dealkylation sites (N-methyl/N-ethyl adjacent to an activating group) is 1. The van der Waals surface area contributed by atoms with E-state index in [2.05, 4.69) is 44.7 Å².